The Bertz CT molecular complexity index is 475. The number of nitrogens with zero attached hydrogens (tertiary/aromatic N) is 2. The first kappa shape index (κ1) is 12.7. The number of hydrogen-bond donors (Lipinski definition) is 0. The number of amides is 1. The molecule has 5 nitrogen and oxygen atoms in total. The lowest BCUT2D eigenvalue weighted by Crippen LogP contribution is -2.27. The van der Waals surface area contributed by atoms with Crippen molar-refractivity contribution in [2.45, 2.75) is 0 Å². The van der Waals surface area contributed by atoms with E-state index in [1.54, 1.807) is 26.2 Å². The maximum atomic E-state index is 11.6. The summed E-state index contributed by atoms with van der Waals surface area (Å²) < 4.78 is 4.81. The van der Waals surface area contributed by atoms with Crippen molar-refractivity contribution in [1.29, 1.82) is 5.26 Å². The number of carbonyl (C=O) groups excluding carboxylic acids is 2. The molecule has 0 spiro atoms. The first-order chi connectivity index (χ1) is 8.06. The molecule has 0 atom stereocenters. The third-order valence-electron chi connectivity index (χ3n) is 2.09. The minimum absolute atomic E-state index is 0.168. The van der Waals surface area contributed by atoms with Gasteiger partial charge in [0, 0.05) is 14.1 Å². The van der Waals surface area contributed by atoms with Gasteiger partial charge in [-0.1, -0.05) is 12.1 Å². The van der Waals surface area contributed by atoms with Crippen molar-refractivity contribution >= 4 is 11.9 Å². The Kier molecular flexibility index (Phi) is 4.23. The predicted molar refractivity (Wildman–Crippen MR) is 60.1 cm³/mol. The van der Waals surface area contributed by atoms with Crippen LogP contribution in [0.4, 0.5) is 0 Å². The Hall–Kier alpha value is -2.35. The number of ether oxygens (including phenoxy) is 1. The van der Waals surface area contributed by atoms with Crippen LogP contribution in [0.1, 0.15) is 15.9 Å². The Balaban J connectivity index is 2.71. The van der Waals surface area contributed by atoms with Crippen LogP contribution in [0.3, 0.4) is 0 Å². The fourth-order valence-corrected chi connectivity index (χ4v) is 1.09. The van der Waals surface area contributed by atoms with E-state index < -0.39 is 5.97 Å². The van der Waals surface area contributed by atoms with Crippen LogP contribution in [0.25, 0.3) is 0 Å². The van der Waals surface area contributed by atoms with Gasteiger partial charge in [-0.3, -0.25) is 4.79 Å². The summed E-state index contributed by atoms with van der Waals surface area (Å²) in [5, 5.41) is 8.80. The average Bonchev–Trinajstić information content (AvgIpc) is 2.35. The molecule has 0 unspecified atom stereocenters. The highest BCUT2D eigenvalue weighted by Crippen LogP contribution is 2.08. The fraction of sp³-hybridized carbons (Fsp3) is 0.250. The molecule has 0 fully saturated rings. The summed E-state index contributed by atoms with van der Waals surface area (Å²) >= 11 is 0. The molecule has 88 valence electrons. The Morgan fingerprint density at radius 1 is 1.35 bits per heavy atom. The van der Waals surface area contributed by atoms with Gasteiger partial charge in [0.15, 0.2) is 6.61 Å². The molecule has 5 heteroatoms. The monoisotopic (exact) mass is 232 g/mol. The molecule has 0 saturated carbocycles. The summed E-state index contributed by atoms with van der Waals surface area (Å²) in [6.45, 7) is -0.328. The topological polar surface area (TPSA) is 70.4 Å². The van der Waals surface area contributed by atoms with Crippen LogP contribution in [0.2, 0.25) is 0 Å². The second kappa shape index (κ2) is 5.66. The summed E-state index contributed by atoms with van der Waals surface area (Å²) in [6.07, 6.45) is 0. The van der Waals surface area contributed by atoms with Crippen molar-refractivity contribution in [3.05, 3.63) is 35.4 Å². The van der Waals surface area contributed by atoms with Gasteiger partial charge in [0.2, 0.25) is 0 Å². The smallest absolute Gasteiger partial charge is 0.339 e. The summed E-state index contributed by atoms with van der Waals surface area (Å²) in [6, 6.07) is 8.18. The van der Waals surface area contributed by atoms with Gasteiger partial charge >= 0.3 is 5.97 Å². The van der Waals surface area contributed by atoms with Crippen molar-refractivity contribution in [3.63, 3.8) is 0 Å². The van der Waals surface area contributed by atoms with E-state index in [4.69, 9.17) is 10.00 Å². The van der Waals surface area contributed by atoms with Gasteiger partial charge in [-0.05, 0) is 12.1 Å². The molecule has 0 saturated heterocycles. The molecular formula is C12H12N2O3. The quantitative estimate of drug-likeness (QED) is 0.723. The first-order valence-electron chi connectivity index (χ1n) is 4.92. The molecule has 0 aliphatic rings. The van der Waals surface area contributed by atoms with Gasteiger partial charge in [-0.25, -0.2) is 4.79 Å². The molecule has 0 aromatic heterocycles. The lowest BCUT2D eigenvalue weighted by atomic mass is 10.1. The number of hydrogen-bond acceptors (Lipinski definition) is 4. The van der Waals surface area contributed by atoms with E-state index in [1.165, 1.54) is 17.0 Å². The van der Waals surface area contributed by atoms with Crippen LogP contribution >= 0.6 is 0 Å². The van der Waals surface area contributed by atoms with E-state index in [2.05, 4.69) is 0 Å². The van der Waals surface area contributed by atoms with Gasteiger partial charge in [-0.2, -0.15) is 5.26 Å². The van der Waals surface area contributed by atoms with E-state index in [0.29, 0.717) is 0 Å². The van der Waals surface area contributed by atoms with Gasteiger partial charge in [0.1, 0.15) is 6.07 Å². The highest BCUT2D eigenvalue weighted by Gasteiger charge is 2.14. The van der Waals surface area contributed by atoms with Crippen molar-refractivity contribution in [3.8, 4) is 6.07 Å². The normalized spacial score (nSPS) is 9.24. The first-order valence-corrected chi connectivity index (χ1v) is 4.92. The van der Waals surface area contributed by atoms with Crippen molar-refractivity contribution in [1.82, 2.24) is 4.90 Å². The summed E-state index contributed by atoms with van der Waals surface area (Å²) in [5.74, 6) is -0.981. The molecule has 1 rings (SSSR count). The van der Waals surface area contributed by atoms with Crippen LogP contribution < -0.4 is 0 Å². The number of esters is 1. The van der Waals surface area contributed by atoms with Crippen LogP contribution in [0.15, 0.2) is 24.3 Å². The van der Waals surface area contributed by atoms with Crippen molar-refractivity contribution < 1.29 is 14.3 Å². The van der Waals surface area contributed by atoms with Crippen LogP contribution in [0.5, 0.6) is 0 Å². The third kappa shape index (κ3) is 3.31. The Labute approximate surface area is 99.2 Å². The number of rotatable bonds is 3. The zero-order valence-corrected chi connectivity index (χ0v) is 9.64. The largest absolute Gasteiger partial charge is 0.452 e. The number of benzene rings is 1. The van der Waals surface area contributed by atoms with Gasteiger partial charge in [-0.15, -0.1) is 0 Å². The van der Waals surface area contributed by atoms with Crippen LogP contribution in [-0.2, 0) is 9.53 Å². The number of carbonyl (C=O) groups is 2. The fourth-order valence-electron chi connectivity index (χ4n) is 1.09. The average molecular weight is 232 g/mol. The zero-order chi connectivity index (χ0) is 12.8. The Morgan fingerprint density at radius 2 is 2.00 bits per heavy atom. The van der Waals surface area contributed by atoms with Gasteiger partial charge in [0.05, 0.1) is 11.1 Å². The summed E-state index contributed by atoms with van der Waals surface area (Å²) in [4.78, 5) is 24.1. The molecule has 17 heavy (non-hydrogen) atoms. The second-order valence-corrected chi connectivity index (χ2v) is 3.52. The predicted octanol–water partition coefficient (Wildman–Crippen LogP) is 0.803. The molecule has 0 N–H and O–H groups in total. The van der Waals surface area contributed by atoms with E-state index in [-0.39, 0.29) is 23.6 Å². The lowest BCUT2D eigenvalue weighted by molar-refractivity contribution is -0.131. The molecule has 0 aliphatic carbocycles. The van der Waals surface area contributed by atoms with Crippen molar-refractivity contribution in [2.24, 2.45) is 0 Å². The zero-order valence-electron chi connectivity index (χ0n) is 9.64. The molecule has 0 heterocycles. The van der Waals surface area contributed by atoms with Crippen LogP contribution in [0, 0.1) is 11.3 Å². The Morgan fingerprint density at radius 3 is 2.59 bits per heavy atom. The number of nitriles is 1. The molecule has 0 radical (unpaired) electrons. The standard InChI is InChI=1S/C12H12N2O3/c1-14(2)11(15)8-17-12(16)10-6-4-3-5-9(10)7-13/h3-6H,8H2,1-2H3. The number of likely N-dealkylation sites (N-methyl/N-ethyl adjacent to an activating group) is 1. The second-order valence-electron chi connectivity index (χ2n) is 3.52. The maximum Gasteiger partial charge on any atom is 0.339 e. The van der Waals surface area contributed by atoms with Gasteiger partial charge in [0.25, 0.3) is 5.91 Å². The SMILES string of the molecule is CN(C)C(=O)COC(=O)c1ccccc1C#N. The maximum absolute atomic E-state index is 11.6. The minimum Gasteiger partial charge on any atom is -0.452 e. The van der Waals surface area contributed by atoms with Crippen molar-refractivity contribution in [2.75, 3.05) is 20.7 Å². The van der Waals surface area contributed by atoms with Crippen LogP contribution in [-0.4, -0.2) is 37.5 Å². The highest BCUT2D eigenvalue weighted by atomic mass is 16.5. The van der Waals surface area contributed by atoms with Gasteiger partial charge < -0.3 is 9.64 Å². The molecule has 0 bridgehead atoms. The summed E-state index contributed by atoms with van der Waals surface area (Å²) in [5.41, 5.74) is 0.399. The van der Waals surface area contributed by atoms with E-state index in [1.807, 2.05) is 6.07 Å². The van der Waals surface area contributed by atoms with E-state index >= 15 is 0 Å². The third-order valence-corrected chi connectivity index (χ3v) is 2.09. The molecule has 1 aromatic carbocycles. The van der Waals surface area contributed by atoms with E-state index in [9.17, 15) is 9.59 Å². The molecular weight excluding hydrogens is 220 g/mol. The molecule has 1 amide bonds. The summed E-state index contributed by atoms with van der Waals surface area (Å²) in [7, 11) is 3.14. The lowest BCUT2D eigenvalue weighted by Gasteiger charge is -2.10. The highest BCUT2D eigenvalue weighted by molar-refractivity contribution is 5.93. The molecule has 1 aromatic rings. The van der Waals surface area contributed by atoms with E-state index in [0.717, 1.165) is 0 Å². The minimum atomic E-state index is -0.669. The molecule has 0 aliphatic heterocycles.